The van der Waals surface area contributed by atoms with E-state index in [9.17, 15) is 4.39 Å². The highest BCUT2D eigenvalue weighted by atomic mass is 19.1. The maximum atomic E-state index is 14.3. The Morgan fingerprint density at radius 3 is 2.72 bits per heavy atom. The molecule has 0 radical (unpaired) electrons. The largest absolute Gasteiger partial charge is 0.397 e. The van der Waals surface area contributed by atoms with E-state index in [4.69, 9.17) is 5.73 Å². The molecule has 148 valence electrons. The number of nitrogens with two attached hydrogens (primary N) is 1. The van der Waals surface area contributed by atoms with Crippen molar-refractivity contribution in [1.82, 2.24) is 19.9 Å². The number of hydrogen-bond acceptors (Lipinski definition) is 5. The number of fused-ring (bicyclic) bond motifs is 2. The van der Waals surface area contributed by atoms with Crippen LogP contribution in [0, 0.1) is 5.82 Å². The second-order valence-corrected chi connectivity index (χ2v) is 7.43. The highest BCUT2D eigenvalue weighted by Gasteiger charge is 2.18. The number of aromatic nitrogens is 3. The van der Waals surface area contributed by atoms with Crippen LogP contribution in [0.1, 0.15) is 6.92 Å². The smallest absolute Gasteiger partial charge is 0.142 e. The molecule has 0 spiro atoms. The summed E-state index contributed by atoms with van der Waals surface area (Å²) in [7, 11) is 0. The molecule has 0 amide bonds. The molecule has 2 aromatic carbocycles. The zero-order chi connectivity index (χ0) is 20.0. The Hall–Kier alpha value is -3.19. The summed E-state index contributed by atoms with van der Waals surface area (Å²) in [4.78, 5) is 17.2. The van der Waals surface area contributed by atoms with Crippen molar-refractivity contribution >= 4 is 33.3 Å². The normalized spacial score (nSPS) is 15.4. The van der Waals surface area contributed by atoms with Crippen LogP contribution in [0.5, 0.6) is 0 Å². The van der Waals surface area contributed by atoms with Crippen LogP contribution in [0.3, 0.4) is 0 Å². The Bertz CT molecular complexity index is 1190. The number of benzene rings is 2. The number of rotatable bonds is 3. The number of halogens is 1. The molecule has 6 nitrogen and oxygen atoms in total. The fourth-order valence-electron chi connectivity index (χ4n) is 4.06. The van der Waals surface area contributed by atoms with Crippen LogP contribution in [0.4, 0.5) is 15.8 Å². The lowest BCUT2D eigenvalue weighted by Gasteiger charge is -2.35. The molecule has 3 N–H and O–H groups in total. The number of H-pyrrole nitrogens is 1. The van der Waals surface area contributed by atoms with Crippen LogP contribution in [0.25, 0.3) is 33.3 Å². The summed E-state index contributed by atoms with van der Waals surface area (Å²) in [6, 6.07) is 11.0. The minimum atomic E-state index is -0.376. The van der Waals surface area contributed by atoms with Gasteiger partial charge in [-0.3, -0.25) is 4.98 Å². The minimum absolute atomic E-state index is 0.333. The molecule has 0 aliphatic carbocycles. The molecular formula is C22H23FN6. The number of nitrogens with zero attached hydrogens (tertiary/aromatic N) is 4. The summed E-state index contributed by atoms with van der Waals surface area (Å²) in [6.45, 7) is 7.48. The molecule has 4 aromatic rings. The van der Waals surface area contributed by atoms with E-state index in [1.54, 1.807) is 18.3 Å². The number of nitrogens with one attached hydrogen (secondary N) is 1. The predicted molar refractivity (Wildman–Crippen MR) is 116 cm³/mol. The van der Waals surface area contributed by atoms with Crippen molar-refractivity contribution < 1.29 is 4.39 Å². The zero-order valence-corrected chi connectivity index (χ0v) is 16.3. The van der Waals surface area contributed by atoms with Gasteiger partial charge in [-0.2, -0.15) is 0 Å². The van der Waals surface area contributed by atoms with Crippen LogP contribution in [-0.4, -0.2) is 52.6 Å². The third-order valence-electron chi connectivity index (χ3n) is 5.79. The van der Waals surface area contributed by atoms with Gasteiger partial charge in [0.25, 0.3) is 0 Å². The third-order valence-corrected chi connectivity index (χ3v) is 5.79. The molecular weight excluding hydrogens is 367 g/mol. The molecule has 0 saturated carbocycles. The summed E-state index contributed by atoms with van der Waals surface area (Å²) >= 11 is 0. The lowest BCUT2D eigenvalue weighted by molar-refractivity contribution is 0.271. The Morgan fingerprint density at radius 1 is 1.10 bits per heavy atom. The van der Waals surface area contributed by atoms with E-state index in [2.05, 4.69) is 43.8 Å². The van der Waals surface area contributed by atoms with E-state index in [1.807, 2.05) is 6.07 Å². The van der Waals surface area contributed by atoms with Gasteiger partial charge in [-0.25, -0.2) is 9.37 Å². The molecule has 2 aromatic heterocycles. The zero-order valence-electron chi connectivity index (χ0n) is 16.3. The summed E-state index contributed by atoms with van der Waals surface area (Å²) in [5, 5.41) is 0.333. The Morgan fingerprint density at radius 2 is 1.93 bits per heavy atom. The van der Waals surface area contributed by atoms with Gasteiger partial charge in [0.1, 0.15) is 11.6 Å². The van der Waals surface area contributed by atoms with Crippen molar-refractivity contribution in [2.45, 2.75) is 6.92 Å². The predicted octanol–water partition coefficient (Wildman–Crippen LogP) is 3.64. The number of pyridine rings is 1. The molecule has 5 rings (SSSR count). The summed E-state index contributed by atoms with van der Waals surface area (Å²) < 4.78 is 14.3. The quantitative estimate of drug-likeness (QED) is 0.559. The number of likely N-dealkylation sites (N-methyl/N-ethyl adjacent to an activating group) is 1. The first kappa shape index (κ1) is 17.9. The summed E-state index contributed by atoms with van der Waals surface area (Å²) in [5.74, 6) is 0.224. The molecule has 0 atom stereocenters. The van der Waals surface area contributed by atoms with E-state index < -0.39 is 0 Å². The topological polar surface area (TPSA) is 74.1 Å². The molecule has 1 aliphatic heterocycles. The monoisotopic (exact) mass is 390 g/mol. The first-order chi connectivity index (χ1) is 14.1. The van der Waals surface area contributed by atoms with Gasteiger partial charge in [0.2, 0.25) is 0 Å². The lowest BCUT2D eigenvalue weighted by atomic mass is 10.1. The standard InChI is InChI=1S/C22H23FN6/c1-2-28-8-10-29(11-9-28)14-6-7-17-19(12-14)27-22(26-17)15-13-25-18-5-3-4-16(23)20(18)21(15)24/h3-7,12-13H,2,8-11H2,1H3,(H2,24,25)(H,26,27). The average molecular weight is 390 g/mol. The molecule has 7 heteroatoms. The first-order valence-corrected chi connectivity index (χ1v) is 9.94. The number of imidazole rings is 1. The van der Waals surface area contributed by atoms with E-state index in [-0.39, 0.29) is 5.82 Å². The van der Waals surface area contributed by atoms with Crippen molar-refractivity contribution in [3.05, 3.63) is 48.4 Å². The summed E-state index contributed by atoms with van der Waals surface area (Å²) in [6.07, 6.45) is 1.65. The Balaban J connectivity index is 1.52. The van der Waals surface area contributed by atoms with E-state index in [0.29, 0.717) is 28.0 Å². The number of aromatic amines is 1. The number of anilines is 2. The van der Waals surface area contributed by atoms with Crippen molar-refractivity contribution in [1.29, 1.82) is 0 Å². The van der Waals surface area contributed by atoms with Gasteiger partial charge < -0.3 is 20.5 Å². The fourth-order valence-corrected chi connectivity index (χ4v) is 4.06. The molecule has 3 heterocycles. The van der Waals surface area contributed by atoms with Gasteiger partial charge in [-0.05, 0) is 36.9 Å². The van der Waals surface area contributed by atoms with Crippen molar-refractivity contribution in [3.63, 3.8) is 0 Å². The Kier molecular flexibility index (Phi) is 4.32. The summed E-state index contributed by atoms with van der Waals surface area (Å²) in [5.41, 5.74) is 10.8. The van der Waals surface area contributed by atoms with Gasteiger partial charge in [0, 0.05) is 38.1 Å². The SMILES string of the molecule is CCN1CCN(c2ccc3nc(-c4cnc5cccc(F)c5c4N)[nH]c3c2)CC1. The molecule has 29 heavy (non-hydrogen) atoms. The molecule has 0 unspecified atom stereocenters. The highest BCUT2D eigenvalue weighted by molar-refractivity contribution is 5.98. The van der Waals surface area contributed by atoms with Crippen LogP contribution in [0.15, 0.2) is 42.6 Å². The Labute approximate surface area is 168 Å². The van der Waals surface area contributed by atoms with Crippen LogP contribution in [-0.2, 0) is 0 Å². The molecule has 1 fully saturated rings. The van der Waals surface area contributed by atoms with E-state index in [1.165, 1.54) is 11.8 Å². The first-order valence-electron chi connectivity index (χ1n) is 9.94. The van der Waals surface area contributed by atoms with Gasteiger partial charge in [-0.15, -0.1) is 0 Å². The van der Waals surface area contributed by atoms with Crippen LogP contribution in [0.2, 0.25) is 0 Å². The van der Waals surface area contributed by atoms with Crippen LogP contribution < -0.4 is 10.6 Å². The van der Waals surface area contributed by atoms with Crippen molar-refractivity contribution in [3.8, 4) is 11.4 Å². The average Bonchev–Trinajstić information content (AvgIpc) is 3.17. The molecule has 1 saturated heterocycles. The lowest BCUT2D eigenvalue weighted by Crippen LogP contribution is -2.46. The van der Waals surface area contributed by atoms with E-state index >= 15 is 0 Å². The number of hydrogen-bond donors (Lipinski definition) is 2. The van der Waals surface area contributed by atoms with Gasteiger partial charge in [0.15, 0.2) is 0 Å². The van der Waals surface area contributed by atoms with Crippen LogP contribution >= 0.6 is 0 Å². The second kappa shape index (κ2) is 7.00. The molecule has 1 aliphatic rings. The molecule has 0 bridgehead atoms. The maximum absolute atomic E-state index is 14.3. The van der Waals surface area contributed by atoms with Gasteiger partial charge >= 0.3 is 0 Å². The van der Waals surface area contributed by atoms with E-state index in [0.717, 1.165) is 43.8 Å². The van der Waals surface area contributed by atoms with Gasteiger partial charge in [-0.1, -0.05) is 13.0 Å². The minimum Gasteiger partial charge on any atom is -0.397 e. The second-order valence-electron chi connectivity index (χ2n) is 7.43. The van der Waals surface area contributed by atoms with Gasteiger partial charge in [0.05, 0.1) is 33.2 Å². The fraction of sp³-hybridized carbons (Fsp3) is 0.273. The highest BCUT2D eigenvalue weighted by Crippen LogP contribution is 2.33. The van der Waals surface area contributed by atoms with Crippen molar-refractivity contribution in [2.75, 3.05) is 43.4 Å². The maximum Gasteiger partial charge on any atom is 0.142 e. The van der Waals surface area contributed by atoms with Crippen molar-refractivity contribution in [2.24, 2.45) is 0 Å². The third kappa shape index (κ3) is 3.07. The number of nitrogen functional groups attached to an aromatic ring is 1. The number of piperazine rings is 1.